The van der Waals surface area contributed by atoms with E-state index in [1.54, 1.807) is 0 Å². The number of anilines is 1. The third-order valence-corrected chi connectivity index (χ3v) is 2.96. The highest BCUT2D eigenvalue weighted by Gasteiger charge is 2.13. The topological polar surface area (TPSA) is 35.8 Å². The van der Waals surface area contributed by atoms with E-state index in [0.717, 1.165) is 5.56 Å². The number of nitrogens with one attached hydrogen (secondary N) is 1. The molecule has 0 bridgehead atoms. The highest BCUT2D eigenvalue weighted by Crippen LogP contribution is 2.22. The lowest BCUT2D eigenvalue weighted by Crippen LogP contribution is -2.14. The summed E-state index contributed by atoms with van der Waals surface area (Å²) >= 11 is 0. The molecular formula is C13H16N2. The summed E-state index contributed by atoms with van der Waals surface area (Å²) in [5, 5.41) is 12.1. The molecule has 15 heavy (non-hydrogen) atoms. The van der Waals surface area contributed by atoms with Gasteiger partial charge in [-0.1, -0.05) is 25.0 Å². The van der Waals surface area contributed by atoms with Gasteiger partial charge in [0.05, 0.1) is 12.5 Å². The summed E-state index contributed by atoms with van der Waals surface area (Å²) in [4.78, 5) is 0. The Morgan fingerprint density at radius 1 is 1.20 bits per heavy atom. The Balaban J connectivity index is 1.94. The quantitative estimate of drug-likeness (QED) is 0.813. The molecule has 0 aromatic heterocycles. The molecule has 0 saturated heterocycles. The van der Waals surface area contributed by atoms with E-state index in [1.165, 1.54) is 31.4 Å². The number of nitrogens with zero attached hydrogens (tertiary/aromatic N) is 1. The van der Waals surface area contributed by atoms with E-state index < -0.39 is 0 Å². The maximum Gasteiger partial charge on any atom is 0.0669 e. The monoisotopic (exact) mass is 200 g/mol. The second-order valence-electron chi connectivity index (χ2n) is 4.16. The third kappa shape index (κ3) is 2.73. The molecule has 1 aromatic rings. The molecule has 0 heterocycles. The summed E-state index contributed by atoms with van der Waals surface area (Å²) < 4.78 is 0. The van der Waals surface area contributed by atoms with Crippen LogP contribution in [-0.2, 0) is 6.42 Å². The van der Waals surface area contributed by atoms with Crippen molar-refractivity contribution in [1.82, 2.24) is 0 Å². The van der Waals surface area contributed by atoms with Crippen molar-refractivity contribution in [2.24, 2.45) is 0 Å². The van der Waals surface area contributed by atoms with Gasteiger partial charge in [-0.2, -0.15) is 5.26 Å². The molecule has 0 amide bonds. The summed E-state index contributed by atoms with van der Waals surface area (Å²) in [5.74, 6) is 0. The van der Waals surface area contributed by atoms with E-state index in [2.05, 4.69) is 23.5 Å². The Morgan fingerprint density at radius 2 is 1.87 bits per heavy atom. The zero-order valence-electron chi connectivity index (χ0n) is 8.87. The van der Waals surface area contributed by atoms with Crippen LogP contribution in [0.3, 0.4) is 0 Å². The van der Waals surface area contributed by atoms with Crippen molar-refractivity contribution in [1.29, 1.82) is 5.26 Å². The summed E-state index contributed by atoms with van der Waals surface area (Å²) in [6.45, 7) is 0. The van der Waals surface area contributed by atoms with Gasteiger partial charge in [0.1, 0.15) is 0 Å². The molecule has 0 aliphatic heterocycles. The molecule has 1 aliphatic rings. The van der Waals surface area contributed by atoms with Crippen molar-refractivity contribution in [3.63, 3.8) is 0 Å². The first-order chi connectivity index (χ1) is 7.38. The second kappa shape index (κ2) is 4.84. The van der Waals surface area contributed by atoms with Gasteiger partial charge in [-0.3, -0.25) is 0 Å². The van der Waals surface area contributed by atoms with Crippen LogP contribution in [0, 0.1) is 11.3 Å². The van der Waals surface area contributed by atoms with Crippen LogP contribution in [0.25, 0.3) is 0 Å². The van der Waals surface area contributed by atoms with Crippen molar-refractivity contribution in [3.05, 3.63) is 29.8 Å². The Morgan fingerprint density at radius 3 is 2.47 bits per heavy atom. The first-order valence-electron chi connectivity index (χ1n) is 5.61. The van der Waals surface area contributed by atoms with Crippen molar-refractivity contribution >= 4 is 5.69 Å². The molecule has 1 fully saturated rings. The van der Waals surface area contributed by atoms with Crippen molar-refractivity contribution in [2.75, 3.05) is 5.32 Å². The van der Waals surface area contributed by atoms with Crippen molar-refractivity contribution < 1.29 is 0 Å². The molecule has 1 N–H and O–H groups in total. The molecule has 1 aromatic carbocycles. The van der Waals surface area contributed by atoms with Crippen LogP contribution in [0.5, 0.6) is 0 Å². The molecule has 0 unspecified atom stereocenters. The van der Waals surface area contributed by atoms with Gasteiger partial charge in [0, 0.05) is 11.7 Å². The van der Waals surface area contributed by atoms with Gasteiger partial charge < -0.3 is 5.32 Å². The molecule has 0 atom stereocenters. The molecule has 0 radical (unpaired) electrons. The van der Waals surface area contributed by atoms with Gasteiger partial charge in [-0.05, 0) is 30.5 Å². The molecule has 1 aliphatic carbocycles. The third-order valence-electron chi connectivity index (χ3n) is 2.96. The molecule has 2 nitrogen and oxygen atoms in total. The van der Waals surface area contributed by atoms with E-state index in [1.807, 2.05) is 12.1 Å². The molecule has 0 spiro atoms. The van der Waals surface area contributed by atoms with E-state index >= 15 is 0 Å². The fourth-order valence-electron chi connectivity index (χ4n) is 2.12. The zero-order chi connectivity index (χ0) is 10.5. The lowest BCUT2D eigenvalue weighted by Gasteiger charge is -2.13. The van der Waals surface area contributed by atoms with Crippen LogP contribution < -0.4 is 5.32 Å². The summed E-state index contributed by atoms with van der Waals surface area (Å²) in [5.41, 5.74) is 2.28. The normalized spacial score (nSPS) is 16.2. The van der Waals surface area contributed by atoms with E-state index in [4.69, 9.17) is 5.26 Å². The molecule has 78 valence electrons. The first-order valence-corrected chi connectivity index (χ1v) is 5.61. The fourth-order valence-corrected chi connectivity index (χ4v) is 2.12. The standard InChI is InChI=1S/C13H16N2/c14-10-9-11-5-7-13(8-6-11)15-12-3-1-2-4-12/h5-8,12,15H,1-4,9H2. The molecular weight excluding hydrogens is 184 g/mol. The minimum absolute atomic E-state index is 0.504. The van der Waals surface area contributed by atoms with Crippen LogP contribution in [0.15, 0.2) is 24.3 Å². The average Bonchev–Trinajstić information content (AvgIpc) is 2.74. The molecule has 2 heteroatoms. The summed E-state index contributed by atoms with van der Waals surface area (Å²) in [6.07, 6.45) is 5.79. The number of hydrogen-bond acceptors (Lipinski definition) is 2. The second-order valence-corrected chi connectivity index (χ2v) is 4.16. The SMILES string of the molecule is N#CCc1ccc(NC2CCCC2)cc1. The zero-order valence-corrected chi connectivity index (χ0v) is 8.87. The lowest BCUT2D eigenvalue weighted by molar-refractivity contribution is 0.755. The predicted octanol–water partition coefficient (Wildman–Crippen LogP) is 3.11. The summed E-state index contributed by atoms with van der Waals surface area (Å²) in [6, 6.07) is 11.0. The first kappa shape index (κ1) is 10.0. The van der Waals surface area contributed by atoms with Gasteiger partial charge in [0.15, 0.2) is 0 Å². The minimum atomic E-state index is 0.504. The number of hydrogen-bond donors (Lipinski definition) is 1. The largest absolute Gasteiger partial charge is 0.382 e. The highest BCUT2D eigenvalue weighted by atomic mass is 14.9. The van der Waals surface area contributed by atoms with Crippen molar-refractivity contribution in [3.8, 4) is 6.07 Å². The fraction of sp³-hybridized carbons (Fsp3) is 0.462. The van der Waals surface area contributed by atoms with Gasteiger partial charge in [-0.25, -0.2) is 0 Å². The van der Waals surface area contributed by atoms with Crippen LogP contribution in [-0.4, -0.2) is 6.04 Å². The van der Waals surface area contributed by atoms with Crippen molar-refractivity contribution in [2.45, 2.75) is 38.1 Å². The smallest absolute Gasteiger partial charge is 0.0669 e. The molecule has 1 saturated carbocycles. The minimum Gasteiger partial charge on any atom is -0.382 e. The van der Waals surface area contributed by atoms with E-state index in [0.29, 0.717) is 12.5 Å². The highest BCUT2D eigenvalue weighted by molar-refractivity contribution is 5.45. The number of rotatable bonds is 3. The van der Waals surface area contributed by atoms with E-state index in [-0.39, 0.29) is 0 Å². The maximum atomic E-state index is 8.55. The average molecular weight is 200 g/mol. The van der Waals surface area contributed by atoms with Crippen LogP contribution in [0.1, 0.15) is 31.2 Å². The summed E-state index contributed by atoms with van der Waals surface area (Å²) in [7, 11) is 0. The Labute approximate surface area is 90.9 Å². The van der Waals surface area contributed by atoms with Crippen LogP contribution in [0.2, 0.25) is 0 Å². The van der Waals surface area contributed by atoms with Gasteiger partial charge in [0.2, 0.25) is 0 Å². The van der Waals surface area contributed by atoms with Crippen LogP contribution >= 0.6 is 0 Å². The maximum absolute atomic E-state index is 8.55. The lowest BCUT2D eigenvalue weighted by atomic mass is 10.1. The Hall–Kier alpha value is -1.49. The Kier molecular flexibility index (Phi) is 3.24. The van der Waals surface area contributed by atoms with Gasteiger partial charge >= 0.3 is 0 Å². The van der Waals surface area contributed by atoms with Crippen LogP contribution in [0.4, 0.5) is 5.69 Å². The van der Waals surface area contributed by atoms with E-state index in [9.17, 15) is 0 Å². The number of benzene rings is 1. The van der Waals surface area contributed by atoms with Gasteiger partial charge in [0.25, 0.3) is 0 Å². The molecule has 2 rings (SSSR count). The van der Waals surface area contributed by atoms with Gasteiger partial charge in [-0.15, -0.1) is 0 Å². The Bertz CT molecular complexity index is 342. The number of nitriles is 1. The predicted molar refractivity (Wildman–Crippen MR) is 61.6 cm³/mol.